The van der Waals surface area contributed by atoms with E-state index in [4.69, 9.17) is 16.3 Å². The number of ether oxygens (including phenoxy) is 1. The number of carbonyl (C=O) groups excluding carboxylic acids is 1. The Bertz CT molecular complexity index is 403. The van der Waals surface area contributed by atoms with Crippen LogP contribution in [0.25, 0.3) is 6.08 Å². The summed E-state index contributed by atoms with van der Waals surface area (Å²) in [6, 6.07) is 7.31. The average molecular weight is 239 g/mol. The zero-order valence-corrected chi connectivity index (χ0v) is 10.4. The number of esters is 1. The van der Waals surface area contributed by atoms with Crippen molar-refractivity contribution < 1.29 is 9.53 Å². The van der Waals surface area contributed by atoms with Crippen molar-refractivity contribution in [2.24, 2.45) is 0 Å². The summed E-state index contributed by atoms with van der Waals surface area (Å²) < 4.78 is 5.13. The molecule has 0 aromatic heterocycles. The maximum atomic E-state index is 11.4. The molecule has 16 heavy (non-hydrogen) atoms. The molecule has 1 aromatic rings. The first kappa shape index (κ1) is 12.8. The summed E-state index contributed by atoms with van der Waals surface area (Å²) in [6.45, 7) is 5.48. The SMILES string of the molecule is CC(C)(C)OC(=O)/C=C/c1ccccc1Cl. The van der Waals surface area contributed by atoms with Gasteiger partial charge in [0.15, 0.2) is 0 Å². The summed E-state index contributed by atoms with van der Waals surface area (Å²) in [5, 5.41) is 0.613. The van der Waals surface area contributed by atoms with E-state index >= 15 is 0 Å². The molecule has 0 unspecified atom stereocenters. The molecule has 0 saturated carbocycles. The number of benzene rings is 1. The van der Waals surface area contributed by atoms with Crippen LogP contribution in [0.5, 0.6) is 0 Å². The first-order valence-corrected chi connectivity index (χ1v) is 5.42. The second-order valence-corrected chi connectivity index (χ2v) is 4.80. The number of rotatable bonds is 2. The molecule has 0 bridgehead atoms. The van der Waals surface area contributed by atoms with Crippen LogP contribution in [0.3, 0.4) is 0 Å². The van der Waals surface area contributed by atoms with E-state index in [1.54, 1.807) is 12.1 Å². The second-order valence-electron chi connectivity index (χ2n) is 4.39. The van der Waals surface area contributed by atoms with Crippen LogP contribution in [0.15, 0.2) is 30.3 Å². The normalized spacial score (nSPS) is 11.8. The van der Waals surface area contributed by atoms with Crippen molar-refractivity contribution in [2.75, 3.05) is 0 Å². The summed E-state index contributed by atoms with van der Waals surface area (Å²) in [6.07, 6.45) is 3.03. The average Bonchev–Trinajstić information content (AvgIpc) is 2.14. The van der Waals surface area contributed by atoms with Gasteiger partial charge in [0.25, 0.3) is 0 Å². The van der Waals surface area contributed by atoms with E-state index in [-0.39, 0.29) is 5.97 Å². The van der Waals surface area contributed by atoms with E-state index in [0.717, 1.165) is 5.56 Å². The van der Waals surface area contributed by atoms with Gasteiger partial charge < -0.3 is 4.74 Å². The number of halogens is 1. The molecule has 0 N–H and O–H groups in total. The lowest BCUT2D eigenvalue weighted by Crippen LogP contribution is -2.22. The Morgan fingerprint density at radius 2 is 1.94 bits per heavy atom. The molecule has 2 nitrogen and oxygen atoms in total. The van der Waals surface area contributed by atoms with Crippen molar-refractivity contribution in [1.82, 2.24) is 0 Å². The highest BCUT2D eigenvalue weighted by Gasteiger charge is 2.13. The summed E-state index contributed by atoms with van der Waals surface area (Å²) >= 11 is 5.94. The van der Waals surface area contributed by atoms with E-state index in [0.29, 0.717) is 5.02 Å². The minimum atomic E-state index is -0.470. The summed E-state index contributed by atoms with van der Waals surface area (Å²) in [5.41, 5.74) is 0.331. The third-order valence-corrected chi connectivity index (χ3v) is 2.06. The van der Waals surface area contributed by atoms with Crippen LogP contribution in [-0.2, 0) is 9.53 Å². The largest absolute Gasteiger partial charge is 0.457 e. The summed E-state index contributed by atoms with van der Waals surface area (Å²) in [7, 11) is 0. The first-order valence-electron chi connectivity index (χ1n) is 5.04. The van der Waals surface area contributed by atoms with Crippen molar-refractivity contribution in [3.05, 3.63) is 40.9 Å². The molecule has 0 radical (unpaired) electrons. The predicted octanol–water partition coefficient (Wildman–Crippen LogP) is 3.69. The molecule has 0 fully saturated rings. The van der Waals surface area contributed by atoms with Gasteiger partial charge in [-0.3, -0.25) is 0 Å². The minimum Gasteiger partial charge on any atom is -0.457 e. The number of carbonyl (C=O) groups is 1. The van der Waals surface area contributed by atoms with Gasteiger partial charge in [0.1, 0.15) is 5.60 Å². The lowest BCUT2D eigenvalue weighted by Gasteiger charge is -2.17. The van der Waals surface area contributed by atoms with Crippen LogP contribution >= 0.6 is 11.6 Å². The molecule has 0 aliphatic rings. The van der Waals surface area contributed by atoms with E-state index < -0.39 is 5.60 Å². The lowest BCUT2D eigenvalue weighted by atomic mass is 10.2. The van der Waals surface area contributed by atoms with E-state index in [1.807, 2.05) is 39.0 Å². The van der Waals surface area contributed by atoms with Crippen LogP contribution in [0, 0.1) is 0 Å². The standard InChI is InChI=1S/C13H15ClO2/c1-13(2,3)16-12(15)9-8-10-6-4-5-7-11(10)14/h4-9H,1-3H3/b9-8+. The van der Waals surface area contributed by atoms with Crippen molar-refractivity contribution in [1.29, 1.82) is 0 Å². The molecule has 0 spiro atoms. The Kier molecular flexibility index (Phi) is 4.13. The van der Waals surface area contributed by atoms with E-state index in [2.05, 4.69) is 0 Å². The van der Waals surface area contributed by atoms with Gasteiger partial charge in [-0.25, -0.2) is 4.79 Å². The topological polar surface area (TPSA) is 26.3 Å². The van der Waals surface area contributed by atoms with Crippen molar-refractivity contribution in [3.8, 4) is 0 Å². The molecule has 1 aromatic carbocycles. The Morgan fingerprint density at radius 3 is 2.50 bits per heavy atom. The Balaban J connectivity index is 2.68. The molecular weight excluding hydrogens is 224 g/mol. The smallest absolute Gasteiger partial charge is 0.331 e. The molecule has 0 heterocycles. The fourth-order valence-corrected chi connectivity index (χ4v) is 1.30. The molecule has 86 valence electrons. The lowest BCUT2D eigenvalue weighted by molar-refractivity contribution is -0.148. The zero-order valence-electron chi connectivity index (χ0n) is 9.66. The number of hydrogen-bond acceptors (Lipinski definition) is 2. The van der Waals surface area contributed by atoms with Crippen LogP contribution in [0.2, 0.25) is 5.02 Å². The van der Waals surface area contributed by atoms with Gasteiger partial charge >= 0.3 is 5.97 Å². The van der Waals surface area contributed by atoms with E-state index in [9.17, 15) is 4.79 Å². The molecule has 0 atom stereocenters. The van der Waals surface area contributed by atoms with Crippen LogP contribution in [0.4, 0.5) is 0 Å². The van der Waals surface area contributed by atoms with Crippen LogP contribution in [0.1, 0.15) is 26.3 Å². The molecular formula is C13H15ClO2. The molecule has 1 rings (SSSR count). The van der Waals surface area contributed by atoms with Crippen LogP contribution in [-0.4, -0.2) is 11.6 Å². The van der Waals surface area contributed by atoms with E-state index in [1.165, 1.54) is 6.08 Å². The third kappa shape index (κ3) is 4.49. The highest BCUT2D eigenvalue weighted by Crippen LogP contribution is 2.16. The van der Waals surface area contributed by atoms with Crippen molar-refractivity contribution >= 4 is 23.6 Å². The Morgan fingerprint density at radius 1 is 1.31 bits per heavy atom. The van der Waals surface area contributed by atoms with Gasteiger partial charge in [0.05, 0.1) is 0 Å². The molecule has 0 aliphatic carbocycles. The summed E-state index contributed by atoms with van der Waals surface area (Å²) in [5.74, 6) is -0.368. The fraction of sp³-hybridized carbons (Fsp3) is 0.308. The second kappa shape index (κ2) is 5.17. The van der Waals surface area contributed by atoms with Gasteiger partial charge in [0, 0.05) is 11.1 Å². The fourth-order valence-electron chi connectivity index (χ4n) is 1.10. The van der Waals surface area contributed by atoms with Gasteiger partial charge in [-0.05, 0) is 38.5 Å². The third-order valence-electron chi connectivity index (χ3n) is 1.71. The Hall–Kier alpha value is -1.28. The maximum Gasteiger partial charge on any atom is 0.331 e. The van der Waals surface area contributed by atoms with Gasteiger partial charge in [-0.2, -0.15) is 0 Å². The minimum absolute atomic E-state index is 0.368. The Labute approximate surface area is 101 Å². The maximum absolute atomic E-state index is 11.4. The monoisotopic (exact) mass is 238 g/mol. The van der Waals surface area contributed by atoms with Gasteiger partial charge in [-0.15, -0.1) is 0 Å². The molecule has 0 saturated heterocycles. The van der Waals surface area contributed by atoms with Crippen molar-refractivity contribution in [3.63, 3.8) is 0 Å². The predicted molar refractivity (Wildman–Crippen MR) is 66.3 cm³/mol. The highest BCUT2D eigenvalue weighted by molar-refractivity contribution is 6.32. The van der Waals surface area contributed by atoms with Crippen LogP contribution < -0.4 is 0 Å². The molecule has 0 aliphatic heterocycles. The highest BCUT2D eigenvalue weighted by atomic mass is 35.5. The zero-order chi connectivity index (χ0) is 12.2. The quantitative estimate of drug-likeness (QED) is 0.580. The first-order chi connectivity index (χ1) is 7.38. The number of hydrogen-bond donors (Lipinski definition) is 0. The molecule has 0 amide bonds. The van der Waals surface area contributed by atoms with Gasteiger partial charge in [0.2, 0.25) is 0 Å². The molecule has 3 heteroatoms. The van der Waals surface area contributed by atoms with Gasteiger partial charge in [-0.1, -0.05) is 29.8 Å². The van der Waals surface area contributed by atoms with Crippen molar-refractivity contribution in [2.45, 2.75) is 26.4 Å². The summed E-state index contributed by atoms with van der Waals surface area (Å²) in [4.78, 5) is 11.4.